The maximum absolute atomic E-state index is 13.1. The number of hydrogen-bond acceptors (Lipinski definition) is 2. The van der Waals surface area contributed by atoms with Crippen molar-refractivity contribution in [3.05, 3.63) is 46.8 Å². The lowest BCUT2D eigenvalue weighted by molar-refractivity contribution is 0.145. The SMILES string of the molecule is C[C@@H]1CC(C)(C)c2cccc(N=C(N)c3cn(C)nc3C(F)F)c21. The van der Waals surface area contributed by atoms with E-state index >= 15 is 0 Å². The van der Waals surface area contributed by atoms with Crippen LogP contribution in [-0.4, -0.2) is 15.6 Å². The number of hydrogen-bond donors (Lipinski definition) is 1. The number of nitrogens with zero attached hydrogens (tertiary/aromatic N) is 3. The largest absolute Gasteiger partial charge is 0.383 e. The van der Waals surface area contributed by atoms with Crippen LogP contribution in [0.1, 0.15) is 61.9 Å². The summed E-state index contributed by atoms with van der Waals surface area (Å²) < 4.78 is 27.6. The molecule has 4 nitrogen and oxygen atoms in total. The molecular weight excluding hydrogens is 310 g/mol. The van der Waals surface area contributed by atoms with Crippen molar-refractivity contribution >= 4 is 11.5 Å². The zero-order chi connectivity index (χ0) is 17.6. The van der Waals surface area contributed by atoms with Gasteiger partial charge in [-0.05, 0) is 34.9 Å². The van der Waals surface area contributed by atoms with Gasteiger partial charge in [0.1, 0.15) is 11.5 Å². The molecule has 0 saturated carbocycles. The first kappa shape index (κ1) is 16.6. The van der Waals surface area contributed by atoms with E-state index in [9.17, 15) is 8.78 Å². The molecule has 0 unspecified atom stereocenters. The molecule has 1 aliphatic rings. The van der Waals surface area contributed by atoms with E-state index in [1.165, 1.54) is 16.4 Å². The molecule has 24 heavy (non-hydrogen) atoms. The van der Waals surface area contributed by atoms with Crippen molar-refractivity contribution in [1.82, 2.24) is 9.78 Å². The monoisotopic (exact) mass is 332 g/mol. The molecule has 128 valence electrons. The summed E-state index contributed by atoms with van der Waals surface area (Å²) in [6, 6.07) is 5.95. The molecule has 1 heterocycles. The maximum Gasteiger partial charge on any atom is 0.282 e. The second kappa shape index (κ2) is 5.69. The average Bonchev–Trinajstić information content (AvgIpc) is 2.98. The molecule has 0 radical (unpaired) electrons. The van der Waals surface area contributed by atoms with Gasteiger partial charge in [0.2, 0.25) is 0 Å². The highest BCUT2D eigenvalue weighted by molar-refractivity contribution is 6.00. The summed E-state index contributed by atoms with van der Waals surface area (Å²) in [6.07, 6.45) is -0.171. The molecule has 0 aliphatic heterocycles. The summed E-state index contributed by atoms with van der Waals surface area (Å²) >= 11 is 0. The third-order valence-corrected chi connectivity index (χ3v) is 4.70. The Morgan fingerprint density at radius 1 is 1.42 bits per heavy atom. The Morgan fingerprint density at radius 2 is 2.12 bits per heavy atom. The Morgan fingerprint density at radius 3 is 2.79 bits per heavy atom. The molecule has 6 heteroatoms. The minimum atomic E-state index is -2.69. The van der Waals surface area contributed by atoms with E-state index in [1.54, 1.807) is 7.05 Å². The number of aliphatic imine (C=N–C) groups is 1. The molecule has 1 aromatic heterocycles. The summed E-state index contributed by atoms with van der Waals surface area (Å²) in [6.45, 7) is 6.59. The van der Waals surface area contributed by atoms with Crippen molar-refractivity contribution in [2.45, 2.75) is 45.0 Å². The fourth-order valence-corrected chi connectivity index (χ4v) is 3.79. The standard InChI is InChI=1S/C18H22F2N4/c1-10-8-18(2,3)12-6-5-7-13(14(10)12)22-17(21)11-9-24(4)23-15(11)16(19)20/h5-7,9-10,16H,8H2,1-4H3,(H2,21,22)/t10-/m1/s1. The molecule has 0 amide bonds. The van der Waals surface area contributed by atoms with Crippen LogP contribution in [0.3, 0.4) is 0 Å². The fourth-order valence-electron chi connectivity index (χ4n) is 3.79. The van der Waals surface area contributed by atoms with Crippen molar-refractivity contribution in [2.24, 2.45) is 17.8 Å². The first-order valence-electron chi connectivity index (χ1n) is 8.00. The predicted molar refractivity (Wildman–Crippen MR) is 91.0 cm³/mol. The zero-order valence-electron chi connectivity index (χ0n) is 14.3. The third-order valence-electron chi connectivity index (χ3n) is 4.70. The molecule has 2 aromatic rings. The molecule has 0 spiro atoms. The van der Waals surface area contributed by atoms with Crippen molar-refractivity contribution in [2.75, 3.05) is 0 Å². The number of fused-ring (bicyclic) bond motifs is 1. The Labute approximate surface area is 140 Å². The van der Waals surface area contributed by atoms with Gasteiger partial charge in [-0.2, -0.15) is 5.10 Å². The number of rotatable bonds is 3. The minimum absolute atomic E-state index is 0.0729. The summed E-state index contributed by atoms with van der Waals surface area (Å²) in [4.78, 5) is 4.48. The molecular formula is C18H22F2N4. The second-order valence-electron chi connectivity index (χ2n) is 7.13. The van der Waals surface area contributed by atoms with E-state index in [1.807, 2.05) is 12.1 Å². The van der Waals surface area contributed by atoms with Gasteiger partial charge in [0.15, 0.2) is 0 Å². The average molecular weight is 332 g/mol. The van der Waals surface area contributed by atoms with Crippen LogP contribution in [0.25, 0.3) is 0 Å². The van der Waals surface area contributed by atoms with E-state index in [0.717, 1.165) is 17.7 Å². The van der Waals surface area contributed by atoms with E-state index < -0.39 is 6.43 Å². The summed E-state index contributed by atoms with van der Waals surface area (Å²) in [5.41, 5.74) is 9.16. The summed E-state index contributed by atoms with van der Waals surface area (Å²) in [5, 5.41) is 3.79. The highest BCUT2D eigenvalue weighted by atomic mass is 19.3. The van der Waals surface area contributed by atoms with Crippen molar-refractivity contribution in [1.29, 1.82) is 0 Å². The topological polar surface area (TPSA) is 56.2 Å². The molecule has 1 aliphatic carbocycles. The van der Waals surface area contributed by atoms with Crippen LogP contribution in [0.15, 0.2) is 29.4 Å². The van der Waals surface area contributed by atoms with Crippen LogP contribution in [0.2, 0.25) is 0 Å². The first-order valence-corrected chi connectivity index (χ1v) is 8.00. The van der Waals surface area contributed by atoms with Gasteiger partial charge in [0, 0.05) is 13.2 Å². The number of aryl methyl sites for hydroxylation is 1. The van der Waals surface area contributed by atoms with Gasteiger partial charge in [-0.15, -0.1) is 0 Å². The number of nitrogens with two attached hydrogens (primary N) is 1. The van der Waals surface area contributed by atoms with Crippen molar-refractivity contribution < 1.29 is 8.78 Å². The fraction of sp³-hybridized carbons (Fsp3) is 0.444. The van der Waals surface area contributed by atoms with Crippen LogP contribution in [-0.2, 0) is 12.5 Å². The highest BCUT2D eigenvalue weighted by Crippen LogP contribution is 2.49. The zero-order valence-corrected chi connectivity index (χ0v) is 14.3. The van der Waals surface area contributed by atoms with Crippen molar-refractivity contribution in [3.8, 4) is 0 Å². The number of halogens is 2. The van der Waals surface area contributed by atoms with Gasteiger partial charge in [0.25, 0.3) is 6.43 Å². The quantitative estimate of drug-likeness (QED) is 0.677. The van der Waals surface area contributed by atoms with E-state index in [4.69, 9.17) is 5.73 Å². The number of amidine groups is 1. The predicted octanol–water partition coefficient (Wildman–Crippen LogP) is 4.18. The lowest BCUT2D eigenvalue weighted by Gasteiger charge is -2.18. The van der Waals surface area contributed by atoms with Crippen LogP contribution in [0.5, 0.6) is 0 Å². The van der Waals surface area contributed by atoms with E-state index in [2.05, 4.69) is 36.9 Å². The van der Waals surface area contributed by atoms with Crippen molar-refractivity contribution in [3.63, 3.8) is 0 Å². The lowest BCUT2D eigenvalue weighted by atomic mass is 9.86. The number of alkyl halides is 2. The Kier molecular flexibility index (Phi) is 3.94. The second-order valence-corrected chi connectivity index (χ2v) is 7.13. The Hall–Kier alpha value is -2.24. The Balaban J connectivity index is 2.09. The molecule has 2 N–H and O–H groups in total. The minimum Gasteiger partial charge on any atom is -0.383 e. The normalized spacial score (nSPS) is 19.8. The highest BCUT2D eigenvalue weighted by Gasteiger charge is 2.36. The maximum atomic E-state index is 13.1. The first-order chi connectivity index (χ1) is 11.2. The molecule has 0 bridgehead atoms. The number of aromatic nitrogens is 2. The van der Waals surface area contributed by atoms with Gasteiger partial charge < -0.3 is 5.73 Å². The van der Waals surface area contributed by atoms with E-state index in [-0.39, 0.29) is 22.5 Å². The number of benzene rings is 1. The summed E-state index contributed by atoms with van der Waals surface area (Å²) in [7, 11) is 1.59. The molecule has 0 fully saturated rings. The lowest BCUT2D eigenvalue weighted by Crippen LogP contribution is -2.15. The van der Waals surface area contributed by atoms with Crippen LogP contribution >= 0.6 is 0 Å². The van der Waals surface area contributed by atoms with Crippen LogP contribution in [0.4, 0.5) is 14.5 Å². The van der Waals surface area contributed by atoms with Gasteiger partial charge in [0.05, 0.1) is 11.3 Å². The Bertz CT molecular complexity index is 805. The van der Waals surface area contributed by atoms with E-state index in [0.29, 0.717) is 5.92 Å². The van der Waals surface area contributed by atoms with Crippen LogP contribution in [0, 0.1) is 0 Å². The van der Waals surface area contributed by atoms with Gasteiger partial charge in [-0.25, -0.2) is 13.8 Å². The third kappa shape index (κ3) is 2.70. The van der Waals surface area contributed by atoms with Gasteiger partial charge >= 0.3 is 0 Å². The van der Waals surface area contributed by atoms with Crippen LogP contribution < -0.4 is 5.73 Å². The van der Waals surface area contributed by atoms with Gasteiger partial charge in [-0.1, -0.05) is 32.9 Å². The molecule has 3 rings (SSSR count). The molecule has 1 atom stereocenters. The molecule has 0 saturated heterocycles. The van der Waals surface area contributed by atoms with Gasteiger partial charge in [-0.3, -0.25) is 4.68 Å². The summed E-state index contributed by atoms with van der Waals surface area (Å²) in [5.74, 6) is 0.426. The molecule has 1 aromatic carbocycles. The smallest absolute Gasteiger partial charge is 0.282 e.